The van der Waals surface area contributed by atoms with Crippen molar-refractivity contribution in [3.63, 3.8) is 0 Å². The molecule has 1 N–H and O–H groups in total. The van der Waals surface area contributed by atoms with Crippen LogP contribution in [0, 0.1) is 0 Å². The van der Waals surface area contributed by atoms with Crippen LogP contribution in [-0.4, -0.2) is 61.8 Å². The highest BCUT2D eigenvalue weighted by atomic mass is 16.4. The SMILES string of the molecule is [B]N1CC(CC(=O)O)N([B])CC1C. The van der Waals surface area contributed by atoms with Gasteiger partial charge in [-0.25, -0.2) is 0 Å². The maximum Gasteiger partial charge on any atom is 0.304 e. The molecule has 1 aliphatic heterocycles. The molecule has 1 saturated heterocycles. The summed E-state index contributed by atoms with van der Waals surface area (Å²) in [4.78, 5) is 13.7. The molecule has 0 saturated carbocycles. The fourth-order valence-electron chi connectivity index (χ4n) is 1.47. The smallest absolute Gasteiger partial charge is 0.304 e. The van der Waals surface area contributed by atoms with Crippen LogP contribution in [0.2, 0.25) is 0 Å². The fourth-order valence-corrected chi connectivity index (χ4v) is 1.47. The van der Waals surface area contributed by atoms with Crippen LogP contribution in [0.1, 0.15) is 13.3 Å². The minimum absolute atomic E-state index is 0.0386. The van der Waals surface area contributed by atoms with Gasteiger partial charge in [0.05, 0.1) is 6.42 Å². The second kappa shape index (κ2) is 4.15. The molecule has 1 heterocycles. The molecule has 0 bridgehead atoms. The largest absolute Gasteiger partial charge is 0.481 e. The van der Waals surface area contributed by atoms with Gasteiger partial charge in [0.1, 0.15) is 0 Å². The Morgan fingerprint density at radius 2 is 2.08 bits per heavy atom. The predicted octanol–water partition coefficient (Wildman–Crippen LogP) is -0.997. The van der Waals surface area contributed by atoms with Crippen LogP contribution in [0.15, 0.2) is 0 Å². The highest BCUT2D eigenvalue weighted by molar-refractivity contribution is 6.06. The zero-order chi connectivity index (χ0) is 10.0. The van der Waals surface area contributed by atoms with Gasteiger partial charge in [-0.1, -0.05) is 0 Å². The molecule has 0 aromatic rings. The van der Waals surface area contributed by atoms with Gasteiger partial charge in [0.2, 0.25) is 0 Å². The van der Waals surface area contributed by atoms with Gasteiger partial charge in [-0.15, -0.1) is 0 Å². The first-order chi connectivity index (χ1) is 6.00. The van der Waals surface area contributed by atoms with E-state index in [2.05, 4.69) is 0 Å². The summed E-state index contributed by atoms with van der Waals surface area (Å²) in [5, 5.41) is 8.59. The van der Waals surface area contributed by atoms with Crippen molar-refractivity contribution in [2.75, 3.05) is 13.1 Å². The summed E-state index contributed by atoms with van der Waals surface area (Å²) in [6, 6.07) is -0.00579. The third kappa shape index (κ3) is 2.74. The predicted molar refractivity (Wildman–Crippen MR) is 50.4 cm³/mol. The van der Waals surface area contributed by atoms with E-state index in [-0.39, 0.29) is 18.5 Å². The minimum atomic E-state index is -0.844. The van der Waals surface area contributed by atoms with E-state index >= 15 is 0 Å². The Balaban J connectivity index is 2.51. The van der Waals surface area contributed by atoms with Gasteiger partial charge in [-0.2, -0.15) is 0 Å². The molecule has 0 aromatic heterocycles. The quantitative estimate of drug-likeness (QED) is 0.550. The number of piperazine rings is 1. The Bertz CT molecular complexity index is 203. The number of rotatable bonds is 2. The first-order valence-corrected chi connectivity index (χ1v) is 4.25. The van der Waals surface area contributed by atoms with E-state index < -0.39 is 5.97 Å². The summed E-state index contributed by atoms with van der Waals surface area (Å²) >= 11 is 0. The standard InChI is InChI=1S/C7H12B2N2O2/c1-5-3-11(9)6(2-7(12)13)4-10(5)8/h5-6H,2-4H2,1H3,(H,12,13). The van der Waals surface area contributed by atoms with Crippen molar-refractivity contribution < 1.29 is 9.90 Å². The summed E-state index contributed by atoms with van der Waals surface area (Å²) in [6.45, 7) is 3.06. The van der Waals surface area contributed by atoms with E-state index in [0.29, 0.717) is 13.1 Å². The summed E-state index contributed by atoms with van der Waals surface area (Å²) in [7, 11) is 11.3. The maximum atomic E-state index is 10.5. The molecular formula is C7H12B2N2O2. The van der Waals surface area contributed by atoms with Gasteiger partial charge >= 0.3 is 5.97 Å². The molecule has 4 nitrogen and oxygen atoms in total. The Hall–Kier alpha value is -0.480. The Labute approximate surface area is 80.7 Å². The van der Waals surface area contributed by atoms with E-state index in [4.69, 9.17) is 21.1 Å². The van der Waals surface area contributed by atoms with Crippen LogP contribution in [0.25, 0.3) is 0 Å². The summed E-state index contributed by atoms with van der Waals surface area (Å²) in [6.07, 6.45) is 0.0386. The number of carboxylic acids is 1. The lowest BCUT2D eigenvalue weighted by atomic mass is 9.98. The summed E-state index contributed by atoms with van der Waals surface area (Å²) < 4.78 is 0. The molecular weight excluding hydrogens is 166 g/mol. The zero-order valence-corrected chi connectivity index (χ0v) is 7.68. The average molecular weight is 178 g/mol. The van der Waals surface area contributed by atoms with Crippen molar-refractivity contribution in [2.45, 2.75) is 25.4 Å². The molecule has 0 aliphatic carbocycles. The first kappa shape index (κ1) is 10.6. The number of aliphatic carboxylic acids is 1. The molecule has 1 aliphatic rings. The van der Waals surface area contributed by atoms with Gasteiger partial charge in [-0.3, -0.25) is 4.79 Å². The molecule has 1 fully saturated rings. The van der Waals surface area contributed by atoms with Crippen molar-refractivity contribution in [3.8, 4) is 0 Å². The number of hydrogen-bond donors (Lipinski definition) is 1. The van der Waals surface area contributed by atoms with Gasteiger partial charge < -0.3 is 14.7 Å². The molecule has 0 amide bonds. The molecule has 1 rings (SSSR count). The van der Waals surface area contributed by atoms with Crippen LogP contribution >= 0.6 is 0 Å². The van der Waals surface area contributed by atoms with Crippen molar-refractivity contribution in [2.24, 2.45) is 0 Å². The lowest BCUT2D eigenvalue weighted by Crippen LogP contribution is -2.56. The number of nitrogens with zero attached hydrogens (tertiary/aromatic N) is 2. The Morgan fingerprint density at radius 3 is 2.62 bits per heavy atom. The number of hydrogen-bond acceptors (Lipinski definition) is 3. The normalized spacial score (nSPS) is 31.8. The molecule has 13 heavy (non-hydrogen) atoms. The molecule has 0 spiro atoms. The van der Waals surface area contributed by atoms with Crippen molar-refractivity contribution in [3.05, 3.63) is 0 Å². The molecule has 2 atom stereocenters. The highest BCUT2D eigenvalue weighted by Crippen LogP contribution is 2.13. The Kier molecular flexibility index (Phi) is 3.39. The van der Waals surface area contributed by atoms with E-state index in [0.717, 1.165) is 0 Å². The second-order valence-corrected chi connectivity index (χ2v) is 3.49. The second-order valence-electron chi connectivity index (χ2n) is 3.49. The van der Waals surface area contributed by atoms with E-state index in [1.807, 2.05) is 6.92 Å². The fraction of sp³-hybridized carbons (Fsp3) is 0.857. The molecule has 4 radical (unpaired) electrons. The van der Waals surface area contributed by atoms with Crippen LogP contribution in [0.5, 0.6) is 0 Å². The van der Waals surface area contributed by atoms with Crippen LogP contribution in [-0.2, 0) is 4.79 Å². The van der Waals surface area contributed by atoms with Gasteiger partial charge in [0, 0.05) is 25.2 Å². The van der Waals surface area contributed by atoms with Crippen LogP contribution < -0.4 is 0 Å². The van der Waals surface area contributed by atoms with Crippen LogP contribution in [0.4, 0.5) is 0 Å². The van der Waals surface area contributed by atoms with Crippen LogP contribution in [0.3, 0.4) is 0 Å². The first-order valence-electron chi connectivity index (χ1n) is 4.25. The lowest BCUT2D eigenvalue weighted by Gasteiger charge is -2.42. The minimum Gasteiger partial charge on any atom is -0.481 e. The van der Waals surface area contributed by atoms with Gasteiger partial charge in [0.15, 0.2) is 16.0 Å². The topological polar surface area (TPSA) is 43.8 Å². The van der Waals surface area contributed by atoms with Crippen molar-refractivity contribution in [1.82, 2.24) is 9.62 Å². The van der Waals surface area contributed by atoms with E-state index in [1.54, 1.807) is 9.62 Å². The van der Waals surface area contributed by atoms with E-state index in [1.165, 1.54) is 0 Å². The summed E-state index contributed by atoms with van der Waals surface area (Å²) in [5.41, 5.74) is 0. The lowest BCUT2D eigenvalue weighted by molar-refractivity contribution is -0.138. The molecule has 6 heteroatoms. The van der Waals surface area contributed by atoms with Crippen molar-refractivity contribution >= 4 is 21.9 Å². The van der Waals surface area contributed by atoms with E-state index in [9.17, 15) is 4.79 Å². The number of carbonyl (C=O) groups is 1. The highest BCUT2D eigenvalue weighted by Gasteiger charge is 2.27. The zero-order valence-electron chi connectivity index (χ0n) is 7.68. The van der Waals surface area contributed by atoms with Gasteiger partial charge in [0.25, 0.3) is 0 Å². The molecule has 0 aromatic carbocycles. The maximum absolute atomic E-state index is 10.5. The monoisotopic (exact) mass is 178 g/mol. The average Bonchev–Trinajstić information content (AvgIpc) is 1.99. The Morgan fingerprint density at radius 1 is 1.46 bits per heavy atom. The van der Waals surface area contributed by atoms with Crippen molar-refractivity contribution in [1.29, 1.82) is 0 Å². The third-order valence-electron chi connectivity index (χ3n) is 2.34. The third-order valence-corrected chi connectivity index (χ3v) is 2.34. The molecule has 2 unspecified atom stereocenters. The summed E-state index contributed by atoms with van der Waals surface area (Å²) in [5.74, 6) is -0.844. The number of carboxylic acid groups (broad SMARTS) is 1. The molecule has 68 valence electrons. The van der Waals surface area contributed by atoms with Gasteiger partial charge in [-0.05, 0) is 6.92 Å².